The van der Waals surface area contributed by atoms with Crippen molar-refractivity contribution in [3.63, 3.8) is 0 Å². The first kappa shape index (κ1) is 27.2. The van der Waals surface area contributed by atoms with Gasteiger partial charge in [-0.3, -0.25) is 13.5 Å². The highest BCUT2D eigenvalue weighted by atomic mass is 32.2. The van der Waals surface area contributed by atoms with Gasteiger partial charge in [0.15, 0.2) is 5.88 Å². The van der Waals surface area contributed by atoms with Crippen LogP contribution in [0.4, 0.5) is 5.82 Å². The minimum Gasteiger partial charge on any atom is -0.482 e. The molecule has 0 spiro atoms. The summed E-state index contributed by atoms with van der Waals surface area (Å²) < 4.78 is 35.6. The van der Waals surface area contributed by atoms with Gasteiger partial charge in [0.2, 0.25) is 10.0 Å². The molecule has 2 N–H and O–H groups in total. The molecular weight excluding hydrogens is 554 g/mol. The SMILES string of the molecule is COc1cc(C(=O)N2[C@H]3CC[C@@H]2[C@H](N)C3)cc2nc(-c3cc4ccc(N(C)S(C)(=O)=O)nc4n3CC3CC3C)c(C)n12. The van der Waals surface area contributed by atoms with E-state index in [9.17, 15) is 13.2 Å². The van der Waals surface area contributed by atoms with Gasteiger partial charge in [-0.2, -0.15) is 0 Å². The molecule has 6 heterocycles. The standard InChI is InChI=1S/C30H37N7O4S/c1-16-10-20(16)15-35-24(11-18-6-9-25(33-29(18)35)34(3)42(5,39)40)28-17(2)36-26(32-28)12-19(13-27(36)41-4)30(38)37-21-7-8-23(37)22(31)14-21/h6,9,11-13,16,20-23H,7-8,10,14-15,31H2,1-5H3/t16?,20?,21-,22+,23+/m0/s1. The molecule has 4 aromatic heterocycles. The first-order valence-corrected chi connectivity index (χ1v) is 16.4. The summed E-state index contributed by atoms with van der Waals surface area (Å²) in [5, 5.41) is 0.907. The lowest BCUT2D eigenvalue weighted by atomic mass is 9.97. The van der Waals surface area contributed by atoms with Crippen LogP contribution in [0, 0.1) is 18.8 Å². The number of aromatic nitrogens is 4. The Labute approximate surface area is 245 Å². The van der Waals surface area contributed by atoms with Crippen LogP contribution in [0.3, 0.4) is 0 Å². The maximum Gasteiger partial charge on any atom is 0.254 e. The number of nitrogens with zero attached hydrogens (tertiary/aromatic N) is 6. The average molecular weight is 592 g/mol. The van der Waals surface area contributed by atoms with Crippen molar-refractivity contribution in [2.45, 2.75) is 64.2 Å². The molecule has 4 aromatic rings. The maximum absolute atomic E-state index is 13.7. The number of ether oxygens (including phenoxy) is 1. The van der Waals surface area contributed by atoms with Gasteiger partial charge in [-0.25, -0.2) is 18.4 Å². The van der Waals surface area contributed by atoms with Crippen molar-refractivity contribution in [1.82, 2.24) is 23.8 Å². The molecule has 1 aliphatic carbocycles. The summed E-state index contributed by atoms with van der Waals surface area (Å²) in [6.45, 7) is 4.99. The molecule has 3 fully saturated rings. The first-order chi connectivity index (χ1) is 20.0. The third-order valence-corrected chi connectivity index (χ3v) is 10.9. The monoisotopic (exact) mass is 591 g/mol. The number of aryl methyl sites for hydroxylation is 1. The van der Waals surface area contributed by atoms with Crippen LogP contribution in [-0.4, -0.2) is 76.7 Å². The van der Waals surface area contributed by atoms with E-state index in [0.29, 0.717) is 34.7 Å². The largest absolute Gasteiger partial charge is 0.482 e. The highest BCUT2D eigenvalue weighted by molar-refractivity contribution is 7.92. The van der Waals surface area contributed by atoms with E-state index < -0.39 is 10.0 Å². The molecule has 11 nitrogen and oxygen atoms in total. The maximum atomic E-state index is 13.7. The van der Waals surface area contributed by atoms with Crippen LogP contribution < -0.4 is 14.8 Å². The number of rotatable bonds is 7. The highest BCUT2D eigenvalue weighted by Gasteiger charge is 2.47. The second-order valence-corrected chi connectivity index (χ2v) is 14.4. The fourth-order valence-electron chi connectivity index (χ4n) is 7.03. The van der Waals surface area contributed by atoms with E-state index in [2.05, 4.69) is 17.6 Å². The summed E-state index contributed by atoms with van der Waals surface area (Å²) in [7, 11) is -0.346. The smallest absolute Gasteiger partial charge is 0.254 e. The predicted molar refractivity (Wildman–Crippen MR) is 161 cm³/mol. The van der Waals surface area contributed by atoms with Crippen LogP contribution in [0.1, 0.15) is 48.7 Å². The topological polar surface area (TPSA) is 128 Å². The van der Waals surface area contributed by atoms with Gasteiger partial charge in [-0.15, -0.1) is 0 Å². The fourth-order valence-corrected chi connectivity index (χ4v) is 7.47. The van der Waals surface area contributed by atoms with Crippen molar-refractivity contribution < 1.29 is 17.9 Å². The van der Waals surface area contributed by atoms with Gasteiger partial charge in [-0.1, -0.05) is 6.92 Å². The number of imidazole rings is 1. The van der Waals surface area contributed by atoms with Crippen molar-refractivity contribution in [2.75, 3.05) is 24.7 Å². The lowest BCUT2D eigenvalue weighted by Crippen LogP contribution is -2.40. The summed E-state index contributed by atoms with van der Waals surface area (Å²) in [6.07, 6.45) is 5.10. The summed E-state index contributed by atoms with van der Waals surface area (Å²) in [5.74, 6) is 2.00. The molecule has 3 aliphatic rings. The molecule has 1 amide bonds. The van der Waals surface area contributed by atoms with Crippen molar-refractivity contribution in [1.29, 1.82) is 0 Å². The van der Waals surface area contributed by atoms with Crippen LogP contribution in [-0.2, 0) is 16.6 Å². The van der Waals surface area contributed by atoms with Crippen LogP contribution in [0.25, 0.3) is 28.1 Å². The molecule has 2 unspecified atom stereocenters. The Bertz CT molecular complexity index is 1860. The molecule has 5 atom stereocenters. The van der Waals surface area contributed by atoms with Gasteiger partial charge in [-0.05, 0) is 68.7 Å². The molecule has 42 heavy (non-hydrogen) atoms. The van der Waals surface area contributed by atoms with Crippen molar-refractivity contribution >= 4 is 38.4 Å². The van der Waals surface area contributed by atoms with Gasteiger partial charge in [0, 0.05) is 48.7 Å². The van der Waals surface area contributed by atoms with Crippen molar-refractivity contribution in [3.05, 3.63) is 41.6 Å². The van der Waals surface area contributed by atoms with E-state index in [4.69, 9.17) is 20.4 Å². The molecule has 7 rings (SSSR count). The number of anilines is 1. The number of fused-ring (bicyclic) bond motifs is 4. The Balaban J connectivity index is 1.36. The zero-order valence-corrected chi connectivity index (χ0v) is 25.4. The Kier molecular flexibility index (Phi) is 6.11. The number of pyridine rings is 2. The summed E-state index contributed by atoms with van der Waals surface area (Å²) in [4.78, 5) is 25.6. The second-order valence-electron chi connectivity index (χ2n) is 12.4. The molecular formula is C30H37N7O4S. The van der Waals surface area contributed by atoms with Gasteiger partial charge in [0.05, 0.1) is 24.8 Å². The Morgan fingerprint density at radius 3 is 2.55 bits per heavy atom. The average Bonchev–Trinajstić information content (AvgIpc) is 3.29. The minimum atomic E-state index is -3.46. The van der Waals surface area contributed by atoms with Gasteiger partial charge >= 0.3 is 0 Å². The third kappa shape index (κ3) is 4.17. The van der Waals surface area contributed by atoms with Gasteiger partial charge < -0.3 is 19.9 Å². The normalized spacial score (nSPS) is 25.1. The van der Waals surface area contributed by atoms with E-state index in [-0.39, 0.29) is 24.0 Å². The molecule has 0 aromatic carbocycles. The highest BCUT2D eigenvalue weighted by Crippen LogP contribution is 2.42. The van der Waals surface area contributed by atoms with E-state index in [1.54, 1.807) is 19.2 Å². The van der Waals surface area contributed by atoms with Crippen LogP contribution in [0.2, 0.25) is 0 Å². The molecule has 222 valence electrons. The zero-order chi connectivity index (χ0) is 29.7. The van der Waals surface area contributed by atoms with Crippen molar-refractivity contribution in [2.24, 2.45) is 17.6 Å². The molecule has 1 saturated carbocycles. The predicted octanol–water partition coefficient (Wildman–Crippen LogP) is 3.42. The molecule has 2 saturated heterocycles. The number of amides is 1. The number of hydrogen-bond donors (Lipinski definition) is 1. The van der Waals surface area contributed by atoms with Crippen LogP contribution >= 0.6 is 0 Å². The lowest BCUT2D eigenvalue weighted by Gasteiger charge is -2.23. The van der Waals surface area contributed by atoms with E-state index in [0.717, 1.165) is 60.3 Å². The quantitative estimate of drug-likeness (QED) is 0.349. The zero-order valence-electron chi connectivity index (χ0n) is 24.6. The minimum absolute atomic E-state index is 0.0259. The Hall–Kier alpha value is -3.64. The number of carbonyl (C=O) groups excluding carboxylic acids is 1. The third-order valence-electron chi connectivity index (χ3n) is 9.68. The molecule has 2 aliphatic heterocycles. The fraction of sp³-hybridized carbons (Fsp3) is 0.500. The Morgan fingerprint density at radius 1 is 1.17 bits per heavy atom. The van der Waals surface area contributed by atoms with E-state index in [1.165, 1.54) is 17.6 Å². The van der Waals surface area contributed by atoms with Gasteiger partial charge in [0.1, 0.15) is 22.8 Å². The number of methoxy groups -OCH3 is 1. The number of carbonyl (C=O) groups is 1. The second kappa shape index (κ2) is 9.43. The van der Waals surface area contributed by atoms with Crippen molar-refractivity contribution in [3.8, 4) is 17.3 Å². The Morgan fingerprint density at radius 2 is 1.93 bits per heavy atom. The number of nitrogens with two attached hydrogens (primary N) is 1. The lowest BCUT2D eigenvalue weighted by molar-refractivity contribution is 0.0726. The molecule has 0 radical (unpaired) electrons. The number of sulfonamides is 1. The van der Waals surface area contributed by atoms with Crippen LogP contribution in [0.15, 0.2) is 30.3 Å². The summed E-state index contributed by atoms with van der Waals surface area (Å²) >= 11 is 0. The number of hydrogen-bond acceptors (Lipinski definition) is 7. The first-order valence-electron chi connectivity index (χ1n) is 14.6. The van der Waals surface area contributed by atoms with E-state index >= 15 is 0 Å². The summed E-state index contributed by atoms with van der Waals surface area (Å²) in [5.41, 5.74) is 10.8. The van der Waals surface area contributed by atoms with Gasteiger partial charge in [0.25, 0.3) is 5.91 Å². The summed E-state index contributed by atoms with van der Waals surface area (Å²) in [6, 6.07) is 9.65. The van der Waals surface area contributed by atoms with Crippen LogP contribution in [0.5, 0.6) is 5.88 Å². The molecule has 12 heteroatoms. The van der Waals surface area contributed by atoms with E-state index in [1.807, 2.05) is 28.4 Å². The molecule has 2 bridgehead atoms.